The quantitative estimate of drug-likeness (QED) is 0.624. The first-order valence-corrected chi connectivity index (χ1v) is 9.39. The number of imidazole rings is 1. The third-order valence-electron chi connectivity index (χ3n) is 4.55. The summed E-state index contributed by atoms with van der Waals surface area (Å²) >= 11 is 0. The molecule has 0 saturated carbocycles. The zero-order valence-corrected chi connectivity index (χ0v) is 16.1. The number of anilines is 1. The van der Waals surface area contributed by atoms with E-state index in [0.29, 0.717) is 11.8 Å². The van der Waals surface area contributed by atoms with Crippen LogP contribution in [0.4, 0.5) is 5.82 Å². The minimum Gasteiger partial charge on any atom is -0.368 e. The first kappa shape index (κ1) is 19.9. The van der Waals surface area contributed by atoms with Gasteiger partial charge >= 0.3 is 0 Å². The first-order chi connectivity index (χ1) is 12.5. The standard InChI is InChI=1S/C19H30N6O/c1-4-5-6-7-8-9-10-16(18(20)26)24(3)17-13-15(2)22-19(23-17)25-12-11-21-14-25/h11-14,16H,4-10H2,1-3H3,(H2,20,26). The fraction of sp³-hybridized carbons (Fsp3) is 0.579. The number of hydrogen-bond acceptors (Lipinski definition) is 5. The Labute approximate surface area is 155 Å². The number of nitrogens with two attached hydrogens (primary N) is 1. The van der Waals surface area contributed by atoms with Gasteiger partial charge < -0.3 is 10.6 Å². The first-order valence-electron chi connectivity index (χ1n) is 9.39. The van der Waals surface area contributed by atoms with Crippen molar-refractivity contribution in [1.82, 2.24) is 19.5 Å². The Balaban J connectivity index is 2.06. The summed E-state index contributed by atoms with van der Waals surface area (Å²) in [7, 11) is 1.87. The van der Waals surface area contributed by atoms with Gasteiger partial charge in [0.2, 0.25) is 11.9 Å². The van der Waals surface area contributed by atoms with Crippen molar-refractivity contribution in [3.63, 3.8) is 0 Å². The molecule has 1 unspecified atom stereocenters. The SMILES string of the molecule is CCCCCCCCC(C(N)=O)N(C)c1cc(C)nc(-n2ccnc2)n1. The van der Waals surface area contributed by atoms with E-state index in [1.807, 2.05) is 24.9 Å². The second kappa shape index (κ2) is 9.89. The average Bonchev–Trinajstić information content (AvgIpc) is 3.14. The highest BCUT2D eigenvalue weighted by Crippen LogP contribution is 2.19. The minimum absolute atomic E-state index is 0.318. The number of hydrogen-bond donors (Lipinski definition) is 1. The molecule has 0 spiro atoms. The van der Waals surface area contributed by atoms with E-state index in [1.165, 1.54) is 25.7 Å². The highest BCUT2D eigenvalue weighted by atomic mass is 16.1. The number of unbranched alkanes of at least 4 members (excludes halogenated alkanes) is 5. The number of aryl methyl sites for hydroxylation is 1. The summed E-state index contributed by atoms with van der Waals surface area (Å²) < 4.78 is 1.75. The van der Waals surface area contributed by atoms with Crippen LogP contribution in [0.5, 0.6) is 0 Å². The lowest BCUT2D eigenvalue weighted by Gasteiger charge is -2.27. The molecule has 0 fully saturated rings. The van der Waals surface area contributed by atoms with Gasteiger partial charge in [0.25, 0.3) is 0 Å². The number of primary amides is 1. The highest BCUT2D eigenvalue weighted by molar-refractivity contribution is 5.83. The fourth-order valence-corrected chi connectivity index (χ4v) is 3.01. The lowest BCUT2D eigenvalue weighted by molar-refractivity contribution is -0.119. The maximum atomic E-state index is 12.0. The highest BCUT2D eigenvalue weighted by Gasteiger charge is 2.22. The lowest BCUT2D eigenvalue weighted by Crippen LogP contribution is -2.43. The molecule has 7 heteroatoms. The second-order valence-electron chi connectivity index (χ2n) is 6.72. The van der Waals surface area contributed by atoms with E-state index in [0.717, 1.165) is 25.0 Å². The van der Waals surface area contributed by atoms with Crippen LogP contribution in [0, 0.1) is 6.92 Å². The Morgan fingerprint density at radius 1 is 1.23 bits per heavy atom. The third-order valence-corrected chi connectivity index (χ3v) is 4.55. The molecule has 0 radical (unpaired) electrons. The summed E-state index contributed by atoms with van der Waals surface area (Å²) in [6.07, 6.45) is 13.0. The van der Waals surface area contributed by atoms with Crippen molar-refractivity contribution in [2.45, 2.75) is 64.8 Å². The molecule has 2 aromatic rings. The van der Waals surface area contributed by atoms with Crippen molar-refractivity contribution in [1.29, 1.82) is 0 Å². The normalized spacial score (nSPS) is 12.1. The van der Waals surface area contributed by atoms with Crippen LogP contribution in [0.15, 0.2) is 24.8 Å². The number of amides is 1. The summed E-state index contributed by atoms with van der Waals surface area (Å²) in [5, 5.41) is 0. The van der Waals surface area contributed by atoms with Gasteiger partial charge in [-0.25, -0.2) is 9.97 Å². The molecular weight excluding hydrogens is 328 g/mol. The molecule has 1 atom stereocenters. The van der Waals surface area contributed by atoms with Gasteiger partial charge in [-0.1, -0.05) is 45.4 Å². The van der Waals surface area contributed by atoms with Crippen LogP contribution in [-0.4, -0.2) is 38.5 Å². The molecule has 2 aromatic heterocycles. The maximum Gasteiger partial charge on any atom is 0.240 e. The Morgan fingerprint density at radius 2 is 1.96 bits per heavy atom. The average molecular weight is 358 g/mol. The van der Waals surface area contributed by atoms with Crippen LogP contribution in [0.25, 0.3) is 5.95 Å². The summed E-state index contributed by atoms with van der Waals surface area (Å²) in [4.78, 5) is 26.9. The van der Waals surface area contributed by atoms with Gasteiger partial charge in [-0.15, -0.1) is 0 Å². The van der Waals surface area contributed by atoms with Gasteiger partial charge in [-0.3, -0.25) is 9.36 Å². The van der Waals surface area contributed by atoms with Crippen LogP contribution in [0.3, 0.4) is 0 Å². The molecule has 0 aliphatic carbocycles. The molecule has 0 aliphatic heterocycles. The van der Waals surface area contributed by atoms with Crippen molar-refractivity contribution in [2.75, 3.05) is 11.9 Å². The molecule has 0 aromatic carbocycles. The molecule has 2 rings (SSSR count). The largest absolute Gasteiger partial charge is 0.368 e. The van der Waals surface area contributed by atoms with E-state index in [2.05, 4.69) is 21.9 Å². The summed E-state index contributed by atoms with van der Waals surface area (Å²) in [6.45, 7) is 4.12. The molecule has 0 saturated heterocycles. The molecule has 0 aliphatic rings. The third kappa shape index (κ3) is 5.54. The number of aromatic nitrogens is 4. The molecule has 26 heavy (non-hydrogen) atoms. The predicted molar refractivity (Wildman–Crippen MR) is 103 cm³/mol. The molecule has 142 valence electrons. The van der Waals surface area contributed by atoms with Crippen LogP contribution in [-0.2, 0) is 4.79 Å². The topological polar surface area (TPSA) is 89.9 Å². The van der Waals surface area contributed by atoms with E-state index < -0.39 is 0 Å². The van der Waals surface area contributed by atoms with Crippen molar-refractivity contribution < 1.29 is 4.79 Å². The Hall–Kier alpha value is -2.44. The fourth-order valence-electron chi connectivity index (χ4n) is 3.01. The van der Waals surface area contributed by atoms with E-state index in [4.69, 9.17) is 5.73 Å². The second-order valence-corrected chi connectivity index (χ2v) is 6.72. The van der Waals surface area contributed by atoms with E-state index in [1.54, 1.807) is 23.3 Å². The van der Waals surface area contributed by atoms with Gasteiger partial charge in [0, 0.05) is 31.2 Å². The molecular formula is C19H30N6O. The number of carbonyl (C=O) groups is 1. The molecule has 2 heterocycles. The Bertz CT molecular complexity index is 685. The maximum absolute atomic E-state index is 12.0. The number of carbonyl (C=O) groups excluding carboxylic acids is 1. The Morgan fingerprint density at radius 3 is 2.62 bits per heavy atom. The van der Waals surface area contributed by atoms with Crippen molar-refractivity contribution >= 4 is 11.7 Å². The lowest BCUT2D eigenvalue weighted by atomic mass is 10.0. The van der Waals surface area contributed by atoms with Crippen molar-refractivity contribution in [2.24, 2.45) is 5.73 Å². The molecule has 7 nitrogen and oxygen atoms in total. The van der Waals surface area contributed by atoms with Crippen LogP contribution >= 0.6 is 0 Å². The monoisotopic (exact) mass is 358 g/mol. The van der Waals surface area contributed by atoms with E-state index in [9.17, 15) is 4.79 Å². The predicted octanol–water partition coefficient (Wildman–Crippen LogP) is 3.01. The molecule has 1 amide bonds. The molecule has 0 bridgehead atoms. The summed E-state index contributed by atoms with van der Waals surface area (Å²) in [5.74, 6) is 0.907. The summed E-state index contributed by atoms with van der Waals surface area (Å²) in [5.41, 5.74) is 6.50. The van der Waals surface area contributed by atoms with Gasteiger partial charge in [0.05, 0.1) is 0 Å². The van der Waals surface area contributed by atoms with Crippen molar-refractivity contribution in [3.8, 4) is 5.95 Å². The Kier molecular flexibility index (Phi) is 7.56. The van der Waals surface area contributed by atoms with E-state index >= 15 is 0 Å². The smallest absolute Gasteiger partial charge is 0.240 e. The van der Waals surface area contributed by atoms with Crippen LogP contribution in [0.2, 0.25) is 0 Å². The van der Waals surface area contributed by atoms with Crippen LogP contribution in [0.1, 0.15) is 57.6 Å². The summed E-state index contributed by atoms with van der Waals surface area (Å²) in [6, 6.07) is 1.50. The number of nitrogens with zero attached hydrogens (tertiary/aromatic N) is 5. The number of likely N-dealkylation sites (N-methyl/N-ethyl adjacent to an activating group) is 1. The van der Waals surface area contributed by atoms with Crippen molar-refractivity contribution in [3.05, 3.63) is 30.5 Å². The molecule has 2 N–H and O–H groups in total. The van der Waals surface area contributed by atoms with Gasteiger partial charge in [-0.2, -0.15) is 4.98 Å². The van der Waals surface area contributed by atoms with Gasteiger partial charge in [0.15, 0.2) is 0 Å². The zero-order chi connectivity index (χ0) is 18.9. The number of rotatable bonds is 11. The van der Waals surface area contributed by atoms with E-state index in [-0.39, 0.29) is 11.9 Å². The van der Waals surface area contributed by atoms with Gasteiger partial charge in [0.1, 0.15) is 18.2 Å². The van der Waals surface area contributed by atoms with Gasteiger partial charge in [-0.05, 0) is 13.3 Å². The zero-order valence-electron chi connectivity index (χ0n) is 16.1. The minimum atomic E-state index is -0.369. The van der Waals surface area contributed by atoms with Crippen LogP contribution < -0.4 is 10.6 Å².